The van der Waals surface area contributed by atoms with Crippen LogP contribution in [0.3, 0.4) is 0 Å². The van der Waals surface area contributed by atoms with Crippen molar-refractivity contribution < 1.29 is 9.59 Å². The van der Waals surface area contributed by atoms with Gasteiger partial charge in [-0.15, -0.1) is 0 Å². The van der Waals surface area contributed by atoms with E-state index in [4.69, 9.17) is 23.2 Å². The van der Waals surface area contributed by atoms with Gasteiger partial charge in [0, 0.05) is 33.8 Å². The second kappa shape index (κ2) is 7.89. The molecule has 0 heterocycles. The van der Waals surface area contributed by atoms with Crippen LogP contribution in [0.4, 0.5) is 11.4 Å². The minimum absolute atomic E-state index is 0.0425. The molecule has 1 saturated carbocycles. The molecule has 2 aromatic rings. The first kappa shape index (κ1) is 17.8. The number of carbonyl (C=O) groups excluding carboxylic acids is 2. The molecule has 0 aliphatic heterocycles. The number of anilines is 2. The molecule has 4 nitrogen and oxygen atoms in total. The van der Waals surface area contributed by atoms with E-state index in [0.717, 1.165) is 18.4 Å². The third kappa shape index (κ3) is 5.21. The Morgan fingerprint density at radius 1 is 1.00 bits per heavy atom. The highest BCUT2D eigenvalue weighted by molar-refractivity contribution is 6.35. The monoisotopic (exact) mass is 376 g/mol. The van der Waals surface area contributed by atoms with E-state index < -0.39 is 0 Å². The average molecular weight is 377 g/mol. The van der Waals surface area contributed by atoms with Gasteiger partial charge in [-0.1, -0.05) is 35.3 Å². The standard InChI is InChI=1S/C19H18Cl2N2O2/c20-14-8-6-12(17(21)10-14)7-9-18(24)22-15-2-1-3-16(11-15)23-19(25)13-4-5-13/h1-3,6,8,10-11,13H,4-5,7,9H2,(H,22,24)(H,23,25). The van der Waals surface area contributed by atoms with Gasteiger partial charge in [-0.2, -0.15) is 0 Å². The van der Waals surface area contributed by atoms with E-state index in [9.17, 15) is 9.59 Å². The summed E-state index contributed by atoms with van der Waals surface area (Å²) >= 11 is 12.0. The average Bonchev–Trinajstić information content (AvgIpc) is 3.39. The molecule has 6 heteroatoms. The predicted molar refractivity (Wildman–Crippen MR) is 101 cm³/mol. The van der Waals surface area contributed by atoms with Gasteiger partial charge in [0.15, 0.2) is 0 Å². The molecule has 1 fully saturated rings. The Morgan fingerprint density at radius 2 is 1.72 bits per heavy atom. The summed E-state index contributed by atoms with van der Waals surface area (Å²) < 4.78 is 0. The van der Waals surface area contributed by atoms with Crippen molar-refractivity contribution in [2.45, 2.75) is 25.7 Å². The van der Waals surface area contributed by atoms with E-state index in [1.807, 2.05) is 12.1 Å². The molecule has 0 radical (unpaired) electrons. The highest BCUT2D eigenvalue weighted by Crippen LogP contribution is 2.30. The number of benzene rings is 2. The number of nitrogens with one attached hydrogen (secondary N) is 2. The fourth-order valence-electron chi connectivity index (χ4n) is 2.46. The largest absolute Gasteiger partial charge is 0.326 e. The Hall–Kier alpha value is -2.04. The minimum atomic E-state index is -0.114. The number of rotatable bonds is 6. The first-order valence-electron chi connectivity index (χ1n) is 8.16. The van der Waals surface area contributed by atoms with Gasteiger partial charge >= 0.3 is 0 Å². The number of halogens is 2. The number of hydrogen-bond donors (Lipinski definition) is 2. The van der Waals surface area contributed by atoms with Gasteiger partial charge in [0.25, 0.3) is 0 Å². The molecule has 0 unspecified atom stereocenters. The molecule has 1 aliphatic carbocycles. The summed E-state index contributed by atoms with van der Waals surface area (Å²) in [5.41, 5.74) is 2.22. The maximum atomic E-state index is 12.1. The molecule has 2 amide bonds. The van der Waals surface area contributed by atoms with E-state index in [1.165, 1.54) is 0 Å². The van der Waals surface area contributed by atoms with Crippen molar-refractivity contribution in [3.63, 3.8) is 0 Å². The topological polar surface area (TPSA) is 58.2 Å². The molecule has 0 saturated heterocycles. The smallest absolute Gasteiger partial charge is 0.227 e. The van der Waals surface area contributed by atoms with Crippen molar-refractivity contribution in [1.29, 1.82) is 0 Å². The lowest BCUT2D eigenvalue weighted by atomic mass is 10.1. The van der Waals surface area contributed by atoms with Crippen LogP contribution in [0.1, 0.15) is 24.8 Å². The zero-order chi connectivity index (χ0) is 17.8. The molecule has 2 N–H and O–H groups in total. The number of amides is 2. The molecule has 2 aromatic carbocycles. The summed E-state index contributed by atoms with van der Waals surface area (Å²) in [7, 11) is 0. The normalized spacial score (nSPS) is 13.4. The van der Waals surface area contributed by atoms with Crippen LogP contribution in [0.2, 0.25) is 10.0 Å². The van der Waals surface area contributed by atoms with Gasteiger partial charge in [0.05, 0.1) is 0 Å². The van der Waals surface area contributed by atoms with Crippen molar-refractivity contribution in [3.8, 4) is 0 Å². The van der Waals surface area contributed by atoms with Gasteiger partial charge in [0.1, 0.15) is 0 Å². The van der Waals surface area contributed by atoms with E-state index >= 15 is 0 Å². The second-order valence-electron chi connectivity index (χ2n) is 6.13. The van der Waals surface area contributed by atoms with Gasteiger partial charge in [-0.3, -0.25) is 9.59 Å². The molecule has 0 aromatic heterocycles. The lowest BCUT2D eigenvalue weighted by Crippen LogP contribution is -2.15. The number of hydrogen-bond acceptors (Lipinski definition) is 2. The summed E-state index contributed by atoms with van der Waals surface area (Å²) in [6, 6.07) is 12.4. The molecule has 130 valence electrons. The molecule has 3 rings (SSSR count). The zero-order valence-corrected chi connectivity index (χ0v) is 15.0. The third-order valence-electron chi connectivity index (χ3n) is 4.00. The Bertz CT molecular complexity index is 804. The SMILES string of the molecule is O=C(CCc1ccc(Cl)cc1Cl)Nc1cccc(NC(=O)C2CC2)c1. The Morgan fingerprint density at radius 3 is 2.40 bits per heavy atom. The predicted octanol–water partition coefficient (Wildman–Crippen LogP) is 4.91. The second-order valence-corrected chi connectivity index (χ2v) is 6.97. The fraction of sp³-hybridized carbons (Fsp3) is 0.263. The van der Waals surface area contributed by atoms with Gasteiger partial charge < -0.3 is 10.6 Å². The van der Waals surface area contributed by atoms with Crippen molar-refractivity contribution >= 4 is 46.4 Å². The van der Waals surface area contributed by atoms with Gasteiger partial charge in [-0.25, -0.2) is 0 Å². The summed E-state index contributed by atoms with van der Waals surface area (Å²) in [5, 5.41) is 6.84. The molecule has 1 aliphatic rings. The van der Waals surface area contributed by atoms with E-state index in [0.29, 0.717) is 34.3 Å². The fourth-order valence-corrected chi connectivity index (χ4v) is 2.96. The van der Waals surface area contributed by atoms with Crippen LogP contribution in [0.5, 0.6) is 0 Å². The Labute approximate surface area is 156 Å². The first-order valence-corrected chi connectivity index (χ1v) is 8.91. The molecule has 25 heavy (non-hydrogen) atoms. The van der Waals surface area contributed by atoms with E-state index in [1.54, 1.807) is 30.3 Å². The Balaban J connectivity index is 1.54. The maximum Gasteiger partial charge on any atom is 0.227 e. The highest BCUT2D eigenvalue weighted by atomic mass is 35.5. The van der Waals surface area contributed by atoms with E-state index in [2.05, 4.69) is 10.6 Å². The third-order valence-corrected chi connectivity index (χ3v) is 4.59. The van der Waals surface area contributed by atoms with Crippen molar-refractivity contribution in [1.82, 2.24) is 0 Å². The molecule has 0 atom stereocenters. The first-order chi connectivity index (χ1) is 12.0. The van der Waals surface area contributed by atoms with Crippen LogP contribution in [0.15, 0.2) is 42.5 Å². The van der Waals surface area contributed by atoms with Crippen LogP contribution in [0, 0.1) is 5.92 Å². The highest BCUT2D eigenvalue weighted by Gasteiger charge is 2.29. The molecular formula is C19H18Cl2N2O2. The zero-order valence-electron chi connectivity index (χ0n) is 13.5. The van der Waals surface area contributed by atoms with Crippen LogP contribution in [-0.4, -0.2) is 11.8 Å². The summed E-state index contributed by atoms with van der Waals surface area (Å²) in [4.78, 5) is 24.0. The van der Waals surface area contributed by atoms with Crippen LogP contribution in [-0.2, 0) is 16.0 Å². The number of aryl methyl sites for hydroxylation is 1. The van der Waals surface area contributed by atoms with Crippen molar-refractivity contribution in [2.75, 3.05) is 10.6 Å². The molecular weight excluding hydrogens is 359 g/mol. The molecule has 0 bridgehead atoms. The van der Waals surface area contributed by atoms with Crippen molar-refractivity contribution in [3.05, 3.63) is 58.1 Å². The Kier molecular flexibility index (Phi) is 5.61. The lowest BCUT2D eigenvalue weighted by Gasteiger charge is -2.09. The van der Waals surface area contributed by atoms with E-state index in [-0.39, 0.29) is 17.7 Å². The quantitative estimate of drug-likeness (QED) is 0.751. The van der Waals surface area contributed by atoms with Crippen molar-refractivity contribution in [2.24, 2.45) is 5.92 Å². The minimum Gasteiger partial charge on any atom is -0.326 e. The summed E-state index contributed by atoms with van der Waals surface area (Å²) in [5.74, 6) is 0.0694. The lowest BCUT2D eigenvalue weighted by molar-refractivity contribution is -0.117. The molecule has 0 spiro atoms. The summed E-state index contributed by atoms with van der Waals surface area (Å²) in [6.45, 7) is 0. The van der Waals surface area contributed by atoms with Crippen LogP contribution >= 0.6 is 23.2 Å². The number of carbonyl (C=O) groups is 2. The maximum absolute atomic E-state index is 12.1. The summed E-state index contributed by atoms with van der Waals surface area (Å²) in [6.07, 6.45) is 2.74. The van der Waals surface area contributed by atoms with Gasteiger partial charge in [0.2, 0.25) is 11.8 Å². The van der Waals surface area contributed by atoms with Crippen LogP contribution < -0.4 is 10.6 Å². The van der Waals surface area contributed by atoms with Crippen LogP contribution in [0.25, 0.3) is 0 Å². The van der Waals surface area contributed by atoms with Gasteiger partial charge in [-0.05, 0) is 55.2 Å².